The van der Waals surface area contributed by atoms with Crippen molar-refractivity contribution in [1.29, 1.82) is 0 Å². The van der Waals surface area contributed by atoms with E-state index in [0.29, 0.717) is 41.7 Å². The average molecular weight is 520 g/mol. The summed E-state index contributed by atoms with van der Waals surface area (Å²) in [6.07, 6.45) is 1.66. The molecule has 0 unspecified atom stereocenters. The van der Waals surface area contributed by atoms with Gasteiger partial charge in [-0.15, -0.1) is 11.8 Å². The van der Waals surface area contributed by atoms with Crippen molar-refractivity contribution >= 4 is 45.0 Å². The fraction of sp³-hybridized carbons (Fsp3) is 0.417. The van der Waals surface area contributed by atoms with Gasteiger partial charge in [0, 0.05) is 41.4 Å². The van der Waals surface area contributed by atoms with Gasteiger partial charge in [-0.1, -0.05) is 6.92 Å². The van der Waals surface area contributed by atoms with Crippen molar-refractivity contribution in [3.63, 3.8) is 0 Å². The number of thioether (sulfide) groups is 1. The molecule has 2 heterocycles. The Hall–Kier alpha value is -2.76. The maximum atomic E-state index is 13.2. The van der Waals surface area contributed by atoms with Crippen molar-refractivity contribution in [3.05, 3.63) is 36.4 Å². The van der Waals surface area contributed by atoms with Crippen LogP contribution in [-0.4, -0.2) is 64.1 Å². The fourth-order valence-corrected chi connectivity index (χ4v) is 6.75. The summed E-state index contributed by atoms with van der Waals surface area (Å²) in [7, 11) is -0.643. The van der Waals surface area contributed by atoms with Gasteiger partial charge in [0.05, 0.1) is 24.8 Å². The van der Waals surface area contributed by atoms with Crippen LogP contribution >= 0.6 is 11.8 Å². The molecule has 11 heteroatoms. The molecule has 1 N–H and O–H groups in total. The molecule has 0 radical (unpaired) electrons. The third kappa shape index (κ3) is 5.26. The summed E-state index contributed by atoms with van der Waals surface area (Å²) in [6, 6.07) is 9.82. The van der Waals surface area contributed by atoms with E-state index in [1.165, 1.54) is 41.3 Å². The zero-order valence-corrected chi connectivity index (χ0v) is 21.6. The maximum absolute atomic E-state index is 13.2. The molecule has 0 aliphatic carbocycles. The number of nitrogens with zero attached hydrogens (tertiary/aromatic N) is 2. The molecule has 0 bridgehead atoms. The van der Waals surface area contributed by atoms with E-state index in [1.807, 2.05) is 6.92 Å². The number of anilines is 2. The van der Waals surface area contributed by atoms with E-state index in [0.717, 1.165) is 17.7 Å². The lowest BCUT2D eigenvalue weighted by Gasteiger charge is -2.25. The minimum absolute atomic E-state index is 0.131. The predicted octanol–water partition coefficient (Wildman–Crippen LogP) is 3.20. The third-order valence-electron chi connectivity index (χ3n) is 6.07. The fourth-order valence-electron chi connectivity index (χ4n) is 4.16. The van der Waals surface area contributed by atoms with Crippen molar-refractivity contribution in [2.45, 2.75) is 29.6 Å². The lowest BCUT2D eigenvalue weighted by Crippen LogP contribution is -2.41. The number of carbonyl (C=O) groups excluding carboxylic acids is 2. The molecule has 2 aromatic carbocycles. The van der Waals surface area contributed by atoms with Crippen molar-refractivity contribution in [2.24, 2.45) is 5.92 Å². The standard InChI is InChI=1S/C24H29N3O6S2/c1-16-15-34-22-9-7-18(35(30,31)26-10-4-5-11-26)13-19(22)27(24(16)29)14-23(28)25-17-6-8-20(32-2)21(12-17)33-3/h6-9,12-13,16H,4-5,10-11,14-15H2,1-3H3,(H,25,28)/t16-/m0/s1. The Bertz CT molecular complexity index is 1230. The van der Waals surface area contributed by atoms with E-state index in [-0.39, 0.29) is 23.3 Å². The molecule has 1 fully saturated rings. The zero-order valence-electron chi connectivity index (χ0n) is 19.9. The van der Waals surface area contributed by atoms with Gasteiger partial charge in [0.1, 0.15) is 6.54 Å². The van der Waals surface area contributed by atoms with Gasteiger partial charge in [0.25, 0.3) is 0 Å². The number of methoxy groups -OCH3 is 2. The van der Waals surface area contributed by atoms with E-state index in [4.69, 9.17) is 9.47 Å². The van der Waals surface area contributed by atoms with Gasteiger partial charge >= 0.3 is 0 Å². The Labute approximate surface area is 209 Å². The molecule has 1 atom stereocenters. The highest BCUT2D eigenvalue weighted by Gasteiger charge is 2.33. The number of nitrogens with one attached hydrogen (secondary N) is 1. The van der Waals surface area contributed by atoms with Gasteiger partial charge in [0.2, 0.25) is 21.8 Å². The van der Waals surface area contributed by atoms with Crippen LogP contribution < -0.4 is 19.7 Å². The van der Waals surface area contributed by atoms with Crippen LogP contribution in [0.3, 0.4) is 0 Å². The van der Waals surface area contributed by atoms with Gasteiger partial charge in [-0.05, 0) is 43.2 Å². The van der Waals surface area contributed by atoms with Crippen LogP contribution in [0.4, 0.5) is 11.4 Å². The minimum Gasteiger partial charge on any atom is -0.493 e. The summed E-state index contributed by atoms with van der Waals surface area (Å²) < 4.78 is 38.3. The second-order valence-corrected chi connectivity index (χ2v) is 11.5. The Morgan fingerprint density at radius 3 is 2.49 bits per heavy atom. The van der Waals surface area contributed by atoms with Crippen molar-refractivity contribution in [2.75, 3.05) is 49.8 Å². The Balaban J connectivity index is 1.62. The third-order valence-corrected chi connectivity index (χ3v) is 9.29. The highest BCUT2D eigenvalue weighted by atomic mass is 32.2. The smallest absolute Gasteiger partial charge is 0.244 e. The number of hydrogen-bond acceptors (Lipinski definition) is 7. The molecule has 9 nitrogen and oxygen atoms in total. The van der Waals surface area contributed by atoms with Crippen molar-refractivity contribution in [3.8, 4) is 11.5 Å². The number of sulfonamides is 1. The van der Waals surface area contributed by atoms with E-state index in [9.17, 15) is 18.0 Å². The minimum atomic E-state index is -3.67. The molecule has 2 aromatic rings. The van der Waals surface area contributed by atoms with E-state index < -0.39 is 15.9 Å². The lowest BCUT2D eigenvalue weighted by molar-refractivity contribution is -0.123. The van der Waals surface area contributed by atoms with Gasteiger partial charge in [0.15, 0.2) is 11.5 Å². The molecular formula is C24H29N3O6S2. The first-order valence-electron chi connectivity index (χ1n) is 11.3. The lowest BCUT2D eigenvalue weighted by atomic mass is 10.1. The summed E-state index contributed by atoms with van der Waals surface area (Å²) in [6.45, 7) is 2.53. The van der Waals surface area contributed by atoms with Crippen LogP contribution in [0.1, 0.15) is 19.8 Å². The van der Waals surface area contributed by atoms with Crippen molar-refractivity contribution < 1.29 is 27.5 Å². The largest absolute Gasteiger partial charge is 0.493 e. The first-order valence-corrected chi connectivity index (χ1v) is 13.8. The first kappa shape index (κ1) is 25.3. The highest BCUT2D eigenvalue weighted by molar-refractivity contribution is 7.99. The van der Waals surface area contributed by atoms with Crippen LogP contribution in [0.2, 0.25) is 0 Å². The first-order chi connectivity index (χ1) is 16.7. The second-order valence-electron chi connectivity index (χ2n) is 8.50. The van der Waals surface area contributed by atoms with Gasteiger partial charge < -0.3 is 19.7 Å². The topological polar surface area (TPSA) is 105 Å². The van der Waals surface area contributed by atoms with Crippen LogP contribution in [0, 0.1) is 5.92 Å². The number of fused-ring (bicyclic) bond motifs is 1. The molecular weight excluding hydrogens is 490 g/mol. The van der Waals surface area contributed by atoms with E-state index >= 15 is 0 Å². The van der Waals surface area contributed by atoms with Crippen molar-refractivity contribution in [1.82, 2.24) is 4.31 Å². The highest BCUT2D eigenvalue weighted by Crippen LogP contribution is 2.38. The predicted molar refractivity (Wildman–Crippen MR) is 135 cm³/mol. The second kappa shape index (κ2) is 10.5. The molecule has 2 aliphatic heterocycles. The number of ether oxygens (including phenoxy) is 2. The summed E-state index contributed by atoms with van der Waals surface area (Å²) in [5.74, 6) is 0.554. The van der Waals surface area contributed by atoms with Gasteiger partial charge in [-0.25, -0.2) is 8.42 Å². The summed E-state index contributed by atoms with van der Waals surface area (Å²) in [5.41, 5.74) is 0.926. The monoisotopic (exact) mass is 519 g/mol. The number of carbonyl (C=O) groups is 2. The van der Waals surface area contributed by atoms with E-state index in [2.05, 4.69) is 5.32 Å². The molecule has 0 aromatic heterocycles. The van der Waals surface area contributed by atoms with E-state index in [1.54, 1.807) is 30.3 Å². The number of amides is 2. The average Bonchev–Trinajstić information content (AvgIpc) is 3.38. The van der Waals surface area contributed by atoms with Gasteiger partial charge in [-0.3, -0.25) is 9.59 Å². The molecule has 0 spiro atoms. The molecule has 2 amide bonds. The van der Waals surface area contributed by atoms with Crippen LogP contribution in [0.25, 0.3) is 0 Å². The number of benzene rings is 2. The van der Waals surface area contributed by atoms with Gasteiger partial charge in [-0.2, -0.15) is 4.31 Å². The molecule has 0 saturated carbocycles. The maximum Gasteiger partial charge on any atom is 0.244 e. The summed E-state index contributed by atoms with van der Waals surface area (Å²) in [5, 5.41) is 2.79. The normalized spacial score (nSPS) is 18.7. The number of hydrogen-bond donors (Lipinski definition) is 1. The molecule has 4 rings (SSSR count). The number of rotatable bonds is 7. The molecule has 2 aliphatic rings. The molecule has 1 saturated heterocycles. The summed E-state index contributed by atoms with van der Waals surface area (Å²) >= 11 is 1.48. The van der Waals surface area contributed by atoms with Crippen LogP contribution in [0.5, 0.6) is 11.5 Å². The quantitative estimate of drug-likeness (QED) is 0.599. The summed E-state index contributed by atoms with van der Waals surface area (Å²) in [4.78, 5) is 28.5. The van der Waals surface area contributed by atoms with Crippen LogP contribution in [0.15, 0.2) is 46.2 Å². The SMILES string of the molecule is COc1ccc(NC(=O)CN2C(=O)[C@@H](C)CSc3ccc(S(=O)(=O)N4CCCC4)cc32)cc1OC. The molecule has 188 valence electrons. The Morgan fingerprint density at radius 1 is 1.09 bits per heavy atom. The zero-order chi connectivity index (χ0) is 25.2. The van der Waals surface area contributed by atoms with Crippen LogP contribution in [-0.2, 0) is 19.6 Å². The Morgan fingerprint density at radius 2 is 1.80 bits per heavy atom. The molecule has 35 heavy (non-hydrogen) atoms. The Kier molecular flexibility index (Phi) is 7.58.